The minimum absolute atomic E-state index is 0.0575. The highest BCUT2D eigenvalue weighted by molar-refractivity contribution is 6.33. The van der Waals surface area contributed by atoms with Crippen molar-refractivity contribution in [2.45, 2.75) is 51.7 Å². The zero-order chi connectivity index (χ0) is 18.7. The van der Waals surface area contributed by atoms with Crippen molar-refractivity contribution in [3.63, 3.8) is 0 Å². The van der Waals surface area contributed by atoms with Crippen LogP contribution >= 0.6 is 11.6 Å². The average Bonchev–Trinajstić information content (AvgIpc) is 2.81. The number of aliphatic hydroxyl groups excluding tert-OH is 1. The molecule has 140 valence electrons. The molecule has 7 nitrogen and oxygen atoms in total. The molecule has 1 saturated carbocycles. The number of halogens is 1. The van der Waals surface area contributed by atoms with Crippen molar-refractivity contribution >= 4 is 17.5 Å². The van der Waals surface area contributed by atoms with Gasteiger partial charge in [0.2, 0.25) is 0 Å². The molecular formula is C18H23ClN4O3. The van der Waals surface area contributed by atoms with Crippen molar-refractivity contribution in [1.82, 2.24) is 20.1 Å². The molecule has 0 bridgehead atoms. The molecule has 1 unspecified atom stereocenters. The molecule has 3 rings (SSSR count). The molecule has 0 spiro atoms. The van der Waals surface area contributed by atoms with Crippen LogP contribution in [-0.4, -0.2) is 32.0 Å². The molecular weight excluding hydrogens is 356 g/mol. The predicted molar refractivity (Wildman–Crippen MR) is 98.6 cm³/mol. The third kappa shape index (κ3) is 3.99. The Morgan fingerprint density at radius 2 is 2.04 bits per heavy atom. The minimum atomic E-state index is -0.904. The maximum atomic E-state index is 12.6. The number of aromatic amines is 1. The van der Waals surface area contributed by atoms with Crippen LogP contribution in [0.2, 0.25) is 5.02 Å². The lowest BCUT2D eigenvalue weighted by molar-refractivity contribution is 0.0532. The van der Waals surface area contributed by atoms with Crippen LogP contribution in [0, 0.1) is 12.8 Å². The second-order valence-corrected chi connectivity index (χ2v) is 7.15. The van der Waals surface area contributed by atoms with Crippen LogP contribution in [0.1, 0.15) is 54.7 Å². The van der Waals surface area contributed by atoms with E-state index >= 15 is 0 Å². The molecule has 26 heavy (non-hydrogen) atoms. The van der Waals surface area contributed by atoms with Gasteiger partial charge in [0.05, 0.1) is 16.3 Å². The van der Waals surface area contributed by atoms with Gasteiger partial charge in [-0.05, 0) is 38.0 Å². The molecule has 1 fully saturated rings. The summed E-state index contributed by atoms with van der Waals surface area (Å²) in [5.74, 6) is 0.0760. The van der Waals surface area contributed by atoms with Crippen molar-refractivity contribution in [1.29, 1.82) is 0 Å². The van der Waals surface area contributed by atoms with Crippen molar-refractivity contribution in [3.05, 3.63) is 45.1 Å². The van der Waals surface area contributed by atoms with E-state index in [0.29, 0.717) is 11.5 Å². The lowest BCUT2D eigenvalue weighted by atomic mass is 9.98. The summed E-state index contributed by atoms with van der Waals surface area (Å²) < 4.78 is 1.36. The molecule has 0 aliphatic heterocycles. The maximum absolute atomic E-state index is 12.6. The Labute approximate surface area is 156 Å². The molecule has 0 radical (unpaired) electrons. The van der Waals surface area contributed by atoms with Gasteiger partial charge in [-0.2, -0.15) is 5.10 Å². The topological polar surface area (TPSA) is 100 Å². The lowest BCUT2D eigenvalue weighted by Crippen LogP contribution is -2.40. The van der Waals surface area contributed by atoms with Crippen LogP contribution in [0.25, 0.3) is 5.69 Å². The summed E-state index contributed by atoms with van der Waals surface area (Å²) in [4.78, 5) is 24.5. The second kappa shape index (κ2) is 8.05. The number of amides is 1. The smallest absolute Gasteiger partial charge is 0.347 e. The van der Waals surface area contributed by atoms with Crippen LogP contribution in [0.15, 0.2) is 23.0 Å². The van der Waals surface area contributed by atoms with Gasteiger partial charge in [-0.3, -0.25) is 4.79 Å². The summed E-state index contributed by atoms with van der Waals surface area (Å²) in [7, 11) is 0. The SMILES string of the molecule is Cc1n[nH]c(=O)n1-c1ccc(Cl)c(C(=O)NC(O)C2CCCCCC2)c1. The lowest BCUT2D eigenvalue weighted by Gasteiger charge is -2.22. The van der Waals surface area contributed by atoms with E-state index in [2.05, 4.69) is 15.5 Å². The predicted octanol–water partition coefficient (Wildman–Crippen LogP) is 2.54. The van der Waals surface area contributed by atoms with Gasteiger partial charge in [-0.15, -0.1) is 0 Å². The standard InChI is InChI=1S/C18H23ClN4O3/c1-11-21-22-18(26)23(11)13-8-9-15(19)14(10-13)17(25)20-16(24)12-6-4-2-3-5-7-12/h8-10,12,16,24H,2-7H2,1H3,(H,20,25)(H,22,26). The number of aromatic nitrogens is 3. The van der Waals surface area contributed by atoms with Gasteiger partial charge in [0.15, 0.2) is 0 Å². The number of hydrogen-bond donors (Lipinski definition) is 3. The summed E-state index contributed by atoms with van der Waals surface area (Å²) in [6, 6.07) is 4.73. The fraction of sp³-hybridized carbons (Fsp3) is 0.500. The number of nitrogens with one attached hydrogen (secondary N) is 2. The van der Waals surface area contributed by atoms with Crippen molar-refractivity contribution < 1.29 is 9.90 Å². The summed E-state index contributed by atoms with van der Waals surface area (Å²) in [5, 5.41) is 19.6. The fourth-order valence-electron chi connectivity index (χ4n) is 3.46. The second-order valence-electron chi connectivity index (χ2n) is 6.75. The maximum Gasteiger partial charge on any atom is 0.347 e. The molecule has 3 N–H and O–H groups in total. The van der Waals surface area contributed by atoms with Gasteiger partial charge in [-0.1, -0.05) is 37.3 Å². The first-order valence-electron chi connectivity index (χ1n) is 8.90. The number of benzene rings is 1. The first-order chi connectivity index (χ1) is 12.5. The summed E-state index contributed by atoms with van der Waals surface area (Å²) in [6.45, 7) is 1.68. The molecule has 8 heteroatoms. The van der Waals surface area contributed by atoms with Crippen molar-refractivity contribution in [3.8, 4) is 5.69 Å². The van der Waals surface area contributed by atoms with E-state index in [1.54, 1.807) is 19.1 Å². The molecule has 0 saturated heterocycles. The number of carbonyl (C=O) groups is 1. The number of aliphatic hydroxyl groups is 1. The third-order valence-electron chi connectivity index (χ3n) is 4.92. The summed E-state index contributed by atoms with van der Waals surface area (Å²) >= 11 is 6.17. The molecule has 1 heterocycles. The third-order valence-corrected chi connectivity index (χ3v) is 5.25. The summed E-state index contributed by atoms with van der Waals surface area (Å²) in [6.07, 6.45) is 5.37. The monoisotopic (exact) mass is 378 g/mol. The first-order valence-corrected chi connectivity index (χ1v) is 9.28. The van der Waals surface area contributed by atoms with E-state index in [0.717, 1.165) is 25.7 Å². The largest absolute Gasteiger partial charge is 0.373 e. The van der Waals surface area contributed by atoms with Crippen LogP contribution < -0.4 is 11.0 Å². The minimum Gasteiger partial charge on any atom is -0.373 e. The highest BCUT2D eigenvalue weighted by Gasteiger charge is 2.24. The van der Waals surface area contributed by atoms with E-state index in [4.69, 9.17) is 11.6 Å². The molecule has 1 aliphatic rings. The zero-order valence-corrected chi connectivity index (χ0v) is 15.4. The number of hydrogen-bond acceptors (Lipinski definition) is 4. The van der Waals surface area contributed by atoms with Crippen LogP contribution in [-0.2, 0) is 0 Å². The zero-order valence-electron chi connectivity index (χ0n) is 14.7. The van der Waals surface area contributed by atoms with Gasteiger partial charge in [0.1, 0.15) is 12.1 Å². The van der Waals surface area contributed by atoms with Gasteiger partial charge in [0, 0.05) is 5.92 Å². The van der Waals surface area contributed by atoms with Crippen molar-refractivity contribution in [2.24, 2.45) is 5.92 Å². The summed E-state index contributed by atoms with van der Waals surface area (Å²) in [5.41, 5.74) is 0.304. The molecule has 1 aromatic carbocycles. The molecule has 2 aromatic rings. The van der Waals surface area contributed by atoms with E-state index in [1.165, 1.54) is 23.5 Å². The molecule has 1 aliphatic carbocycles. The number of aryl methyl sites for hydroxylation is 1. The Balaban J connectivity index is 1.80. The normalized spacial score (nSPS) is 16.9. The Morgan fingerprint density at radius 3 is 2.65 bits per heavy atom. The molecule has 1 amide bonds. The highest BCUT2D eigenvalue weighted by atomic mass is 35.5. The van der Waals surface area contributed by atoms with Crippen LogP contribution in [0.5, 0.6) is 0 Å². The van der Waals surface area contributed by atoms with Gasteiger partial charge in [-0.25, -0.2) is 14.5 Å². The van der Waals surface area contributed by atoms with Crippen LogP contribution in [0.4, 0.5) is 0 Å². The van der Waals surface area contributed by atoms with E-state index < -0.39 is 17.8 Å². The Kier molecular flexibility index (Phi) is 5.78. The van der Waals surface area contributed by atoms with E-state index in [-0.39, 0.29) is 16.5 Å². The van der Waals surface area contributed by atoms with E-state index in [1.807, 2.05) is 0 Å². The quantitative estimate of drug-likeness (QED) is 0.562. The highest BCUT2D eigenvalue weighted by Crippen LogP contribution is 2.25. The Morgan fingerprint density at radius 1 is 1.35 bits per heavy atom. The van der Waals surface area contributed by atoms with Gasteiger partial charge >= 0.3 is 5.69 Å². The van der Waals surface area contributed by atoms with Gasteiger partial charge < -0.3 is 10.4 Å². The number of carbonyl (C=O) groups excluding carboxylic acids is 1. The Bertz CT molecular complexity index is 837. The van der Waals surface area contributed by atoms with Gasteiger partial charge in [0.25, 0.3) is 5.91 Å². The Hall–Kier alpha value is -2.12. The average molecular weight is 379 g/mol. The fourth-order valence-corrected chi connectivity index (χ4v) is 3.67. The first kappa shape index (κ1) is 18.7. The van der Waals surface area contributed by atoms with Crippen LogP contribution in [0.3, 0.4) is 0 Å². The van der Waals surface area contributed by atoms with Crippen molar-refractivity contribution in [2.75, 3.05) is 0 Å². The number of rotatable bonds is 4. The molecule has 1 aromatic heterocycles. The number of nitrogens with zero attached hydrogens (tertiary/aromatic N) is 2. The number of H-pyrrole nitrogens is 1. The molecule has 1 atom stereocenters. The van der Waals surface area contributed by atoms with E-state index in [9.17, 15) is 14.7 Å².